The molecular weight excluding hydrogens is 224 g/mol. The number of carbonyl (C=O) groups excluding carboxylic acids is 1. The summed E-state index contributed by atoms with van der Waals surface area (Å²) in [6.45, 7) is 2.25. The first-order valence-electron chi connectivity index (χ1n) is 7.02. The van der Waals surface area contributed by atoms with E-state index in [4.69, 9.17) is 0 Å². The lowest BCUT2D eigenvalue weighted by atomic mass is 9.77. The molecule has 0 heterocycles. The molecule has 0 amide bonds. The van der Waals surface area contributed by atoms with E-state index in [1.165, 1.54) is 44.1 Å². The van der Waals surface area contributed by atoms with Crippen LogP contribution in [0.2, 0.25) is 0 Å². The number of aromatic hydroxyl groups is 1. The number of benzene rings is 1. The Balaban J connectivity index is 2.03. The van der Waals surface area contributed by atoms with Crippen molar-refractivity contribution < 1.29 is 9.90 Å². The molecule has 1 aromatic rings. The molecule has 98 valence electrons. The molecule has 1 saturated carbocycles. The summed E-state index contributed by atoms with van der Waals surface area (Å²) < 4.78 is 0. The highest BCUT2D eigenvalue weighted by Gasteiger charge is 2.22. The smallest absolute Gasteiger partial charge is 0.153 e. The van der Waals surface area contributed by atoms with Crippen molar-refractivity contribution in [2.24, 2.45) is 5.92 Å². The SMILES string of the molecule is CCCC1CCC(c2ccc(O)c(C=O)c2)CC1. The van der Waals surface area contributed by atoms with Gasteiger partial charge in [0.2, 0.25) is 0 Å². The minimum Gasteiger partial charge on any atom is -0.507 e. The van der Waals surface area contributed by atoms with Gasteiger partial charge >= 0.3 is 0 Å². The third kappa shape index (κ3) is 2.92. The summed E-state index contributed by atoms with van der Waals surface area (Å²) in [6, 6.07) is 5.47. The number of phenolic OH excluding ortho intramolecular Hbond substituents is 1. The predicted octanol–water partition coefficient (Wildman–Crippen LogP) is 4.28. The van der Waals surface area contributed by atoms with Crippen LogP contribution in [0.25, 0.3) is 0 Å². The van der Waals surface area contributed by atoms with Gasteiger partial charge in [-0.25, -0.2) is 0 Å². The van der Waals surface area contributed by atoms with Gasteiger partial charge < -0.3 is 5.11 Å². The molecule has 0 radical (unpaired) electrons. The van der Waals surface area contributed by atoms with E-state index in [-0.39, 0.29) is 5.75 Å². The van der Waals surface area contributed by atoms with Crippen molar-refractivity contribution in [1.82, 2.24) is 0 Å². The Morgan fingerprint density at radius 1 is 1.28 bits per heavy atom. The first-order valence-corrected chi connectivity index (χ1v) is 7.02. The highest BCUT2D eigenvalue weighted by atomic mass is 16.3. The number of aldehydes is 1. The fraction of sp³-hybridized carbons (Fsp3) is 0.562. The van der Waals surface area contributed by atoms with Crippen LogP contribution in [0.15, 0.2) is 18.2 Å². The van der Waals surface area contributed by atoms with Gasteiger partial charge in [0.05, 0.1) is 5.56 Å². The number of hydrogen-bond acceptors (Lipinski definition) is 2. The largest absolute Gasteiger partial charge is 0.507 e. The van der Waals surface area contributed by atoms with Crippen LogP contribution in [0.3, 0.4) is 0 Å². The van der Waals surface area contributed by atoms with Gasteiger partial charge in [-0.15, -0.1) is 0 Å². The molecule has 0 aliphatic heterocycles. The van der Waals surface area contributed by atoms with Crippen LogP contribution in [0, 0.1) is 5.92 Å². The first-order chi connectivity index (χ1) is 8.74. The number of hydrogen-bond donors (Lipinski definition) is 1. The Bertz CT molecular complexity index is 404. The van der Waals surface area contributed by atoms with Gasteiger partial charge in [0.25, 0.3) is 0 Å². The topological polar surface area (TPSA) is 37.3 Å². The monoisotopic (exact) mass is 246 g/mol. The van der Waals surface area contributed by atoms with E-state index in [9.17, 15) is 9.90 Å². The second-order valence-electron chi connectivity index (χ2n) is 5.44. The highest BCUT2D eigenvalue weighted by Crippen LogP contribution is 2.38. The molecule has 0 bridgehead atoms. The van der Waals surface area contributed by atoms with Crippen LogP contribution < -0.4 is 0 Å². The van der Waals surface area contributed by atoms with Gasteiger partial charge in [-0.2, -0.15) is 0 Å². The molecule has 18 heavy (non-hydrogen) atoms. The van der Waals surface area contributed by atoms with E-state index in [0.29, 0.717) is 11.5 Å². The van der Waals surface area contributed by atoms with Crippen molar-refractivity contribution in [3.8, 4) is 5.75 Å². The predicted molar refractivity (Wildman–Crippen MR) is 73.1 cm³/mol. The van der Waals surface area contributed by atoms with E-state index in [1.807, 2.05) is 12.1 Å². The zero-order valence-corrected chi connectivity index (χ0v) is 11.1. The van der Waals surface area contributed by atoms with Crippen molar-refractivity contribution in [1.29, 1.82) is 0 Å². The molecule has 1 aliphatic rings. The second-order valence-corrected chi connectivity index (χ2v) is 5.44. The van der Waals surface area contributed by atoms with Gasteiger partial charge in [-0.05, 0) is 55.2 Å². The lowest BCUT2D eigenvalue weighted by Crippen LogP contribution is -2.13. The molecule has 0 unspecified atom stereocenters. The third-order valence-electron chi connectivity index (χ3n) is 4.19. The lowest BCUT2D eigenvalue weighted by Gasteiger charge is -2.28. The maximum absolute atomic E-state index is 10.8. The van der Waals surface area contributed by atoms with Gasteiger partial charge in [-0.1, -0.05) is 25.8 Å². The Morgan fingerprint density at radius 2 is 2.00 bits per heavy atom. The first kappa shape index (κ1) is 13.1. The summed E-state index contributed by atoms with van der Waals surface area (Å²) in [6.07, 6.45) is 8.40. The van der Waals surface area contributed by atoms with Gasteiger partial charge in [0.15, 0.2) is 6.29 Å². The summed E-state index contributed by atoms with van der Waals surface area (Å²) in [5.74, 6) is 1.56. The maximum atomic E-state index is 10.8. The van der Waals surface area contributed by atoms with E-state index in [2.05, 4.69) is 6.92 Å². The molecule has 0 saturated heterocycles. The molecule has 1 aromatic carbocycles. The molecule has 0 atom stereocenters. The standard InChI is InChI=1S/C16H22O2/c1-2-3-12-4-6-13(7-5-12)14-8-9-16(18)15(10-14)11-17/h8-13,18H,2-7H2,1H3. The normalized spacial score (nSPS) is 23.8. The number of phenols is 1. The third-order valence-corrected chi connectivity index (χ3v) is 4.19. The van der Waals surface area contributed by atoms with Crippen LogP contribution in [0.1, 0.15) is 67.3 Å². The lowest BCUT2D eigenvalue weighted by molar-refractivity contribution is 0.112. The zero-order valence-electron chi connectivity index (χ0n) is 11.1. The molecule has 2 rings (SSSR count). The second kappa shape index (κ2) is 6.03. The van der Waals surface area contributed by atoms with E-state index in [0.717, 1.165) is 12.2 Å². The Kier molecular flexibility index (Phi) is 4.40. The van der Waals surface area contributed by atoms with E-state index < -0.39 is 0 Å². The quantitative estimate of drug-likeness (QED) is 0.805. The number of rotatable bonds is 4. The highest BCUT2D eigenvalue weighted by molar-refractivity contribution is 5.79. The molecule has 0 aromatic heterocycles. The average Bonchev–Trinajstić information content (AvgIpc) is 2.41. The van der Waals surface area contributed by atoms with Crippen LogP contribution in [-0.2, 0) is 0 Å². The Morgan fingerprint density at radius 3 is 2.61 bits per heavy atom. The molecule has 0 spiro atoms. The molecule has 2 heteroatoms. The van der Waals surface area contributed by atoms with Crippen molar-refractivity contribution in [3.05, 3.63) is 29.3 Å². The summed E-state index contributed by atoms with van der Waals surface area (Å²) in [7, 11) is 0. The van der Waals surface area contributed by atoms with Crippen molar-refractivity contribution in [2.75, 3.05) is 0 Å². The van der Waals surface area contributed by atoms with Crippen LogP contribution in [0.5, 0.6) is 5.75 Å². The average molecular weight is 246 g/mol. The van der Waals surface area contributed by atoms with Crippen molar-refractivity contribution >= 4 is 6.29 Å². The van der Waals surface area contributed by atoms with Gasteiger partial charge in [-0.3, -0.25) is 4.79 Å². The Labute approximate surface area is 109 Å². The minimum absolute atomic E-state index is 0.0911. The van der Waals surface area contributed by atoms with Gasteiger partial charge in [0, 0.05) is 0 Å². The van der Waals surface area contributed by atoms with Gasteiger partial charge in [0.1, 0.15) is 5.75 Å². The summed E-state index contributed by atoms with van der Waals surface area (Å²) in [5.41, 5.74) is 1.63. The molecule has 1 N–H and O–H groups in total. The van der Waals surface area contributed by atoms with Crippen molar-refractivity contribution in [2.45, 2.75) is 51.4 Å². The maximum Gasteiger partial charge on any atom is 0.153 e. The fourth-order valence-corrected chi connectivity index (χ4v) is 3.11. The van der Waals surface area contributed by atoms with Crippen LogP contribution in [-0.4, -0.2) is 11.4 Å². The molecule has 1 fully saturated rings. The number of carbonyl (C=O) groups is 1. The van der Waals surface area contributed by atoms with Crippen molar-refractivity contribution in [3.63, 3.8) is 0 Å². The fourth-order valence-electron chi connectivity index (χ4n) is 3.11. The van der Waals surface area contributed by atoms with Crippen LogP contribution in [0.4, 0.5) is 0 Å². The summed E-state index contributed by atoms with van der Waals surface area (Å²) in [4.78, 5) is 10.8. The molecular formula is C16H22O2. The Hall–Kier alpha value is -1.31. The molecule has 2 nitrogen and oxygen atoms in total. The molecule has 1 aliphatic carbocycles. The summed E-state index contributed by atoms with van der Waals surface area (Å²) >= 11 is 0. The van der Waals surface area contributed by atoms with E-state index in [1.54, 1.807) is 6.07 Å². The van der Waals surface area contributed by atoms with E-state index >= 15 is 0 Å². The van der Waals surface area contributed by atoms with Crippen LogP contribution >= 0.6 is 0 Å². The zero-order chi connectivity index (χ0) is 13.0. The summed E-state index contributed by atoms with van der Waals surface area (Å²) in [5, 5.41) is 9.51. The minimum atomic E-state index is 0.0911.